The Kier molecular flexibility index (Phi) is 2.78. The molecule has 0 amide bonds. The number of benzene rings is 1. The molecule has 0 spiro atoms. The minimum absolute atomic E-state index is 0.454. The normalized spacial score (nSPS) is 11.1. The summed E-state index contributed by atoms with van der Waals surface area (Å²) in [7, 11) is 0. The molecule has 4 nitrogen and oxygen atoms in total. The first-order chi connectivity index (χ1) is 9.06. The maximum atomic E-state index is 6.02. The second-order valence-corrected chi connectivity index (χ2v) is 5.39. The van der Waals surface area contributed by atoms with Gasteiger partial charge in [-0.2, -0.15) is 0 Å². The topological polar surface area (TPSA) is 56.7 Å². The molecule has 2 heterocycles. The Labute approximate surface area is 119 Å². The lowest BCUT2D eigenvalue weighted by molar-refractivity contribution is 1.07. The molecule has 96 valence electrons. The van der Waals surface area contributed by atoms with Gasteiger partial charge < -0.3 is 5.73 Å². The molecule has 0 bridgehead atoms. The molecule has 0 saturated carbocycles. The van der Waals surface area contributed by atoms with Crippen LogP contribution in [0.2, 0.25) is 0 Å². The molecule has 2 aromatic heterocycles. The third kappa shape index (κ3) is 2.00. The van der Waals surface area contributed by atoms with E-state index in [1.807, 2.05) is 42.7 Å². The van der Waals surface area contributed by atoms with E-state index in [4.69, 9.17) is 5.73 Å². The summed E-state index contributed by atoms with van der Waals surface area (Å²) in [5.41, 5.74) is 10.7. The van der Waals surface area contributed by atoms with Gasteiger partial charge in [0.25, 0.3) is 0 Å². The Morgan fingerprint density at radius 1 is 1.11 bits per heavy atom. The maximum Gasteiger partial charge on any atom is 0.207 e. The quantitative estimate of drug-likeness (QED) is 0.748. The van der Waals surface area contributed by atoms with Gasteiger partial charge in [-0.25, -0.2) is 9.97 Å². The van der Waals surface area contributed by atoms with Crippen molar-refractivity contribution < 1.29 is 0 Å². The zero-order valence-electron chi connectivity index (χ0n) is 10.7. The van der Waals surface area contributed by atoms with Crippen molar-refractivity contribution in [3.05, 3.63) is 46.1 Å². The van der Waals surface area contributed by atoms with Crippen LogP contribution in [0.15, 0.2) is 34.8 Å². The summed E-state index contributed by atoms with van der Waals surface area (Å²) < 4.78 is 2.95. The van der Waals surface area contributed by atoms with E-state index in [2.05, 4.69) is 32.0 Å². The predicted octanol–water partition coefficient (Wildman–Crippen LogP) is 3.38. The van der Waals surface area contributed by atoms with Gasteiger partial charge in [-0.3, -0.25) is 4.57 Å². The van der Waals surface area contributed by atoms with Crippen molar-refractivity contribution in [1.29, 1.82) is 0 Å². The first-order valence-electron chi connectivity index (χ1n) is 5.94. The van der Waals surface area contributed by atoms with Crippen LogP contribution in [0.1, 0.15) is 11.3 Å². The highest BCUT2D eigenvalue weighted by Gasteiger charge is 2.12. The van der Waals surface area contributed by atoms with Gasteiger partial charge in [-0.15, -0.1) is 0 Å². The molecular weight excluding hydrogens is 304 g/mol. The number of aromatic nitrogens is 3. The highest BCUT2D eigenvalue weighted by atomic mass is 79.9. The summed E-state index contributed by atoms with van der Waals surface area (Å²) >= 11 is 3.50. The van der Waals surface area contributed by atoms with Crippen LogP contribution < -0.4 is 5.73 Å². The van der Waals surface area contributed by atoms with Gasteiger partial charge >= 0.3 is 0 Å². The Morgan fingerprint density at radius 2 is 1.89 bits per heavy atom. The van der Waals surface area contributed by atoms with E-state index >= 15 is 0 Å². The minimum Gasteiger partial charge on any atom is -0.369 e. The molecule has 0 fully saturated rings. The van der Waals surface area contributed by atoms with Gasteiger partial charge in [0.2, 0.25) is 5.95 Å². The number of pyridine rings is 1. The first kappa shape index (κ1) is 12.2. The number of fused-ring (bicyclic) bond motifs is 1. The van der Waals surface area contributed by atoms with Crippen LogP contribution in [0.5, 0.6) is 0 Å². The van der Waals surface area contributed by atoms with E-state index in [1.165, 1.54) is 0 Å². The molecule has 19 heavy (non-hydrogen) atoms. The van der Waals surface area contributed by atoms with Crippen LogP contribution in [0.25, 0.3) is 16.9 Å². The van der Waals surface area contributed by atoms with E-state index in [-0.39, 0.29) is 0 Å². The number of aryl methyl sites for hydroxylation is 2. The highest BCUT2D eigenvalue weighted by molar-refractivity contribution is 9.10. The zero-order chi connectivity index (χ0) is 13.6. The number of anilines is 1. The molecule has 0 saturated heterocycles. The van der Waals surface area contributed by atoms with Gasteiger partial charge in [-0.05, 0) is 49.7 Å². The van der Waals surface area contributed by atoms with Crippen molar-refractivity contribution in [2.24, 2.45) is 0 Å². The largest absolute Gasteiger partial charge is 0.369 e. The van der Waals surface area contributed by atoms with E-state index in [1.54, 1.807) is 0 Å². The monoisotopic (exact) mass is 316 g/mol. The van der Waals surface area contributed by atoms with E-state index < -0.39 is 0 Å². The van der Waals surface area contributed by atoms with Crippen molar-refractivity contribution in [2.75, 3.05) is 5.73 Å². The van der Waals surface area contributed by atoms with Crippen LogP contribution in [0, 0.1) is 13.8 Å². The van der Waals surface area contributed by atoms with Crippen molar-refractivity contribution >= 4 is 33.0 Å². The third-order valence-corrected chi connectivity index (χ3v) is 3.96. The number of nitrogen functional groups attached to an aromatic ring is 1. The molecule has 0 radical (unpaired) electrons. The molecule has 0 aliphatic rings. The number of hydrogen-bond acceptors (Lipinski definition) is 3. The van der Waals surface area contributed by atoms with Crippen molar-refractivity contribution in [3.63, 3.8) is 0 Å². The summed E-state index contributed by atoms with van der Waals surface area (Å²) in [5.74, 6) is 0.454. The smallest absolute Gasteiger partial charge is 0.207 e. The standard InChI is InChI=1S/C14H13BrN4/c1-8-7-10(4-5-11(8)15)19-13-12(18-14(19)16)6-3-9(2)17-13/h3-7H,1-2H3,(H2,16,18). The van der Waals surface area contributed by atoms with Crippen molar-refractivity contribution in [1.82, 2.24) is 14.5 Å². The lowest BCUT2D eigenvalue weighted by Gasteiger charge is -2.08. The van der Waals surface area contributed by atoms with Crippen LogP contribution in [0.4, 0.5) is 5.95 Å². The van der Waals surface area contributed by atoms with Crippen LogP contribution in [-0.2, 0) is 0 Å². The van der Waals surface area contributed by atoms with Crippen LogP contribution >= 0.6 is 15.9 Å². The summed E-state index contributed by atoms with van der Waals surface area (Å²) in [6.07, 6.45) is 0. The molecule has 2 N–H and O–H groups in total. The molecule has 3 aromatic rings. The van der Waals surface area contributed by atoms with Gasteiger partial charge in [0.05, 0.1) is 5.69 Å². The fourth-order valence-corrected chi connectivity index (χ4v) is 2.34. The number of imidazole rings is 1. The fraction of sp³-hybridized carbons (Fsp3) is 0.143. The Morgan fingerprint density at radius 3 is 2.63 bits per heavy atom. The van der Waals surface area contributed by atoms with Crippen molar-refractivity contribution in [2.45, 2.75) is 13.8 Å². The molecule has 0 atom stereocenters. The number of nitrogens with zero attached hydrogens (tertiary/aromatic N) is 3. The SMILES string of the molecule is Cc1ccc2nc(N)n(-c3ccc(Br)c(C)c3)c2n1. The molecule has 0 unspecified atom stereocenters. The summed E-state index contributed by atoms with van der Waals surface area (Å²) in [6.45, 7) is 4.00. The van der Waals surface area contributed by atoms with Crippen molar-refractivity contribution in [3.8, 4) is 5.69 Å². The van der Waals surface area contributed by atoms with Crippen LogP contribution in [-0.4, -0.2) is 14.5 Å². The highest BCUT2D eigenvalue weighted by Crippen LogP contribution is 2.25. The van der Waals surface area contributed by atoms with Gasteiger partial charge in [0.15, 0.2) is 5.65 Å². The zero-order valence-corrected chi connectivity index (χ0v) is 12.3. The fourth-order valence-electron chi connectivity index (χ4n) is 2.09. The second-order valence-electron chi connectivity index (χ2n) is 4.53. The molecule has 3 rings (SSSR count). The minimum atomic E-state index is 0.454. The third-order valence-electron chi connectivity index (χ3n) is 3.07. The van der Waals surface area contributed by atoms with Gasteiger partial charge in [-0.1, -0.05) is 15.9 Å². The van der Waals surface area contributed by atoms with Gasteiger partial charge in [0, 0.05) is 10.2 Å². The van der Waals surface area contributed by atoms with Crippen LogP contribution in [0.3, 0.4) is 0 Å². The Hall–Kier alpha value is -1.88. The number of nitrogens with two attached hydrogens (primary N) is 1. The molecule has 1 aromatic carbocycles. The summed E-state index contributed by atoms with van der Waals surface area (Å²) in [6, 6.07) is 9.94. The number of rotatable bonds is 1. The molecular formula is C14H13BrN4. The first-order valence-corrected chi connectivity index (χ1v) is 6.73. The number of halogens is 1. The number of hydrogen-bond donors (Lipinski definition) is 1. The second kappa shape index (κ2) is 4.35. The summed E-state index contributed by atoms with van der Waals surface area (Å²) in [5, 5.41) is 0. The predicted molar refractivity (Wildman–Crippen MR) is 80.5 cm³/mol. The maximum absolute atomic E-state index is 6.02. The van der Waals surface area contributed by atoms with Gasteiger partial charge in [0.1, 0.15) is 5.52 Å². The van der Waals surface area contributed by atoms with E-state index in [0.29, 0.717) is 5.95 Å². The average molecular weight is 317 g/mol. The average Bonchev–Trinajstić information content (AvgIpc) is 2.68. The summed E-state index contributed by atoms with van der Waals surface area (Å²) in [4.78, 5) is 8.88. The Bertz CT molecular complexity index is 776. The lowest BCUT2D eigenvalue weighted by atomic mass is 10.2. The molecule has 0 aliphatic heterocycles. The Balaban J connectivity index is 2.31. The van der Waals surface area contributed by atoms with E-state index in [9.17, 15) is 0 Å². The van der Waals surface area contributed by atoms with E-state index in [0.717, 1.165) is 32.6 Å². The lowest BCUT2D eigenvalue weighted by Crippen LogP contribution is -2.02. The molecule has 5 heteroatoms. The molecule has 0 aliphatic carbocycles.